The Morgan fingerprint density at radius 1 is 1.44 bits per heavy atom. The third-order valence-corrected chi connectivity index (χ3v) is 2.38. The van der Waals surface area contributed by atoms with E-state index in [9.17, 15) is 0 Å². The molecule has 2 aromatic rings. The zero-order valence-electron chi connectivity index (χ0n) is 9.59. The van der Waals surface area contributed by atoms with Crippen LogP contribution in [0.15, 0.2) is 30.9 Å². The van der Waals surface area contributed by atoms with E-state index in [-0.39, 0.29) is 0 Å². The summed E-state index contributed by atoms with van der Waals surface area (Å²) in [5, 5.41) is 0. The molecule has 16 heavy (non-hydrogen) atoms. The fourth-order valence-corrected chi connectivity index (χ4v) is 1.66. The molecule has 0 saturated heterocycles. The fraction of sp³-hybridized carbons (Fsp3) is 0.333. The number of nitrogen functional groups attached to an aromatic ring is 1. The first-order chi connectivity index (χ1) is 7.68. The number of rotatable bonds is 3. The Balaban J connectivity index is 2.34. The Hall–Kier alpha value is -1.84. The fourth-order valence-electron chi connectivity index (χ4n) is 1.66. The van der Waals surface area contributed by atoms with E-state index < -0.39 is 0 Å². The maximum absolute atomic E-state index is 6.06. The minimum atomic E-state index is 0.554. The lowest BCUT2D eigenvalue weighted by atomic mass is 10.2. The molecular formula is C12H16N4. The van der Waals surface area contributed by atoms with Crippen molar-refractivity contribution in [2.45, 2.75) is 20.4 Å². The molecule has 4 nitrogen and oxygen atoms in total. The molecule has 0 aromatic carbocycles. The van der Waals surface area contributed by atoms with Crippen molar-refractivity contribution in [2.24, 2.45) is 5.92 Å². The average Bonchev–Trinajstić information content (AvgIpc) is 2.61. The monoisotopic (exact) mass is 216 g/mol. The SMILES string of the molecule is CC(C)Cn1cnc(-c2cccnc2)c1N. The van der Waals surface area contributed by atoms with Crippen LogP contribution in [0, 0.1) is 5.92 Å². The number of hydrogen-bond acceptors (Lipinski definition) is 3. The number of anilines is 1. The molecule has 84 valence electrons. The van der Waals surface area contributed by atoms with Crippen LogP contribution in [0.25, 0.3) is 11.3 Å². The smallest absolute Gasteiger partial charge is 0.131 e. The highest BCUT2D eigenvalue weighted by Crippen LogP contribution is 2.23. The molecule has 0 spiro atoms. The molecule has 0 fully saturated rings. The van der Waals surface area contributed by atoms with E-state index in [0.29, 0.717) is 11.7 Å². The van der Waals surface area contributed by atoms with Gasteiger partial charge in [-0.25, -0.2) is 4.98 Å². The van der Waals surface area contributed by atoms with E-state index in [4.69, 9.17) is 5.73 Å². The lowest BCUT2D eigenvalue weighted by Gasteiger charge is -2.08. The van der Waals surface area contributed by atoms with Crippen LogP contribution in [0.2, 0.25) is 0 Å². The molecule has 0 aliphatic rings. The summed E-state index contributed by atoms with van der Waals surface area (Å²) in [6.45, 7) is 5.20. The van der Waals surface area contributed by atoms with Crippen LogP contribution in [-0.2, 0) is 6.54 Å². The first kappa shape index (κ1) is 10.7. The quantitative estimate of drug-likeness (QED) is 0.855. The van der Waals surface area contributed by atoms with Crippen molar-refractivity contribution < 1.29 is 0 Å². The van der Waals surface area contributed by atoms with Crippen LogP contribution in [-0.4, -0.2) is 14.5 Å². The average molecular weight is 216 g/mol. The van der Waals surface area contributed by atoms with Gasteiger partial charge in [-0.05, 0) is 18.1 Å². The second kappa shape index (κ2) is 4.35. The molecule has 0 amide bonds. The van der Waals surface area contributed by atoms with Crippen LogP contribution in [0.5, 0.6) is 0 Å². The minimum Gasteiger partial charge on any atom is -0.383 e. The topological polar surface area (TPSA) is 56.7 Å². The molecule has 0 saturated carbocycles. The van der Waals surface area contributed by atoms with Crippen LogP contribution in [0.3, 0.4) is 0 Å². The van der Waals surface area contributed by atoms with Gasteiger partial charge in [0.05, 0.1) is 6.33 Å². The minimum absolute atomic E-state index is 0.554. The molecule has 0 atom stereocenters. The number of nitrogens with two attached hydrogens (primary N) is 1. The summed E-state index contributed by atoms with van der Waals surface area (Å²) in [6, 6.07) is 3.85. The number of pyridine rings is 1. The maximum Gasteiger partial charge on any atom is 0.131 e. The maximum atomic E-state index is 6.06. The molecule has 0 radical (unpaired) electrons. The highest BCUT2D eigenvalue weighted by Gasteiger charge is 2.10. The van der Waals surface area contributed by atoms with Crippen molar-refractivity contribution in [1.82, 2.24) is 14.5 Å². The number of nitrogens with zero attached hydrogens (tertiary/aromatic N) is 3. The van der Waals surface area contributed by atoms with Gasteiger partial charge in [0.15, 0.2) is 0 Å². The molecule has 0 unspecified atom stereocenters. The predicted octanol–water partition coefficient (Wildman–Crippen LogP) is 2.18. The molecule has 2 rings (SSSR count). The van der Waals surface area contributed by atoms with E-state index >= 15 is 0 Å². The third-order valence-electron chi connectivity index (χ3n) is 2.38. The third kappa shape index (κ3) is 2.05. The summed E-state index contributed by atoms with van der Waals surface area (Å²) in [4.78, 5) is 8.40. The molecule has 2 N–H and O–H groups in total. The summed E-state index contributed by atoms with van der Waals surface area (Å²) in [6.07, 6.45) is 5.31. The summed E-state index contributed by atoms with van der Waals surface area (Å²) in [5.41, 5.74) is 7.83. The molecule has 2 aromatic heterocycles. The number of hydrogen-bond donors (Lipinski definition) is 1. The van der Waals surface area contributed by atoms with Gasteiger partial charge in [0.1, 0.15) is 11.5 Å². The second-order valence-electron chi connectivity index (χ2n) is 4.27. The summed E-state index contributed by atoms with van der Waals surface area (Å²) >= 11 is 0. The zero-order valence-corrected chi connectivity index (χ0v) is 9.59. The Bertz CT molecular complexity index is 459. The molecule has 0 aliphatic heterocycles. The number of aromatic nitrogens is 3. The number of imidazole rings is 1. The largest absolute Gasteiger partial charge is 0.383 e. The van der Waals surface area contributed by atoms with Gasteiger partial charge in [0.25, 0.3) is 0 Å². The lowest BCUT2D eigenvalue weighted by molar-refractivity contribution is 0.527. The zero-order chi connectivity index (χ0) is 11.5. The Labute approximate surface area is 95.1 Å². The van der Waals surface area contributed by atoms with Gasteiger partial charge < -0.3 is 10.3 Å². The van der Waals surface area contributed by atoms with E-state index in [0.717, 1.165) is 17.8 Å². The summed E-state index contributed by atoms with van der Waals surface area (Å²) < 4.78 is 1.98. The van der Waals surface area contributed by atoms with E-state index in [1.807, 2.05) is 16.7 Å². The van der Waals surface area contributed by atoms with Crippen LogP contribution in [0.4, 0.5) is 5.82 Å². The van der Waals surface area contributed by atoms with Gasteiger partial charge in [0, 0.05) is 24.5 Å². The molecular weight excluding hydrogens is 200 g/mol. The van der Waals surface area contributed by atoms with Crippen LogP contribution in [0.1, 0.15) is 13.8 Å². The van der Waals surface area contributed by atoms with Crippen molar-refractivity contribution in [3.05, 3.63) is 30.9 Å². The normalized spacial score (nSPS) is 10.9. The molecule has 0 aliphatic carbocycles. The predicted molar refractivity (Wildman–Crippen MR) is 64.7 cm³/mol. The van der Waals surface area contributed by atoms with Crippen molar-refractivity contribution in [2.75, 3.05) is 5.73 Å². The highest BCUT2D eigenvalue weighted by atomic mass is 15.1. The summed E-state index contributed by atoms with van der Waals surface area (Å²) in [7, 11) is 0. The van der Waals surface area contributed by atoms with Gasteiger partial charge in [-0.3, -0.25) is 4.98 Å². The Morgan fingerprint density at radius 2 is 2.25 bits per heavy atom. The molecule has 2 heterocycles. The molecule has 0 bridgehead atoms. The van der Waals surface area contributed by atoms with E-state index in [1.54, 1.807) is 18.7 Å². The first-order valence-corrected chi connectivity index (χ1v) is 5.39. The molecule has 4 heteroatoms. The van der Waals surface area contributed by atoms with Crippen molar-refractivity contribution in [3.63, 3.8) is 0 Å². The van der Waals surface area contributed by atoms with Gasteiger partial charge in [-0.1, -0.05) is 13.8 Å². The standard InChI is InChI=1S/C12H16N4/c1-9(2)7-16-8-15-11(12(16)13)10-4-3-5-14-6-10/h3-6,8-9H,7,13H2,1-2H3. The van der Waals surface area contributed by atoms with Gasteiger partial charge in [-0.2, -0.15) is 0 Å². The van der Waals surface area contributed by atoms with Crippen molar-refractivity contribution >= 4 is 5.82 Å². The Morgan fingerprint density at radius 3 is 2.88 bits per heavy atom. The highest BCUT2D eigenvalue weighted by molar-refractivity contribution is 5.69. The van der Waals surface area contributed by atoms with Gasteiger partial charge in [0.2, 0.25) is 0 Å². The Kier molecular flexibility index (Phi) is 2.90. The lowest BCUT2D eigenvalue weighted by Crippen LogP contribution is -2.06. The first-order valence-electron chi connectivity index (χ1n) is 5.39. The van der Waals surface area contributed by atoms with E-state index in [2.05, 4.69) is 23.8 Å². The van der Waals surface area contributed by atoms with Crippen molar-refractivity contribution in [3.8, 4) is 11.3 Å². The van der Waals surface area contributed by atoms with Gasteiger partial charge in [-0.15, -0.1) is 0 Å². The van der Waals surface area contributed by atoms with Gasteiger partial charge >= 0.3 is 0 Å². The van der Waals surface area contributed by atoms with E-state index in [1.165, 1.54) is 0 Å². The van der Waals surface area contributed by atoms with Crippen LogP contribution < -0.4 is 5.73 Å². The second-order valence-corrected chi connectivity index (χ2v) is 4.27. The van der Waals surface area contributed by atoms with Crippen LogP contribution >= 0.6 is 0 Å². The van der Waals surface area contributed by atoms with Crippen molar-refractivity contribution in [1.29, 1.82) is 0 Å². The summed E-state index contributed by atoms with van der Waals surface area (Å²) in [5.74, 6) is 1.26.